The maximum absolute atomic E-state index is 13.2. The summed E-state index contributed by atoms with van der Waals surface area (Å²) >= 11 is 7.81. The molecule has 0 unspecified atom stereocenters. The predicted molar refractivity (Wildman–Crippen MR) is 119 cm³/mol. The summed E-state index contributed by atoms with van der Waals surface area (Å²) in [6, 6.07) is 11.6. The van der Waals surface area contributed by atoms with Crippen LogP contribution < -0.4 is 0 Å². The van der Waals surface area contributed by atoms with Crippen molar-refractivity contribution in [2.45, 2.75) is 13.1 Å². The van der Waals surface area contributed by atoms with E-state index in [0.717, 1.165) is 54.1 Å². The van der Waals surface area contributed by atoms with Crippen molar-refractivity contribution in [1.82, 2.24) is 19.4 Å². The molecule has 0 radical (unpaired) electrons. The number of imidazole rings is 1. The van der Waals surface area contributed by atoms with Crippen molar-refractivity contribution in [3.05, 3.63) is 75.5 Å². The SMILES string of the molecule is O=C(c1cccs1)N(CCN1CCOCC1)Cc1nccn1Cc1ccccc1Cl. The van der Waals surface area contributed by atoms with E-state index in [2.05, 4.69) is 14.5 Å². The molecule has 2 aromatic heterocycles. The van der Waals surface area contributed by atoms with E-state index in [1.165, 1.54) is 11.3 Å². The normalized spacial score (nSPS) is 14.7. The molecule has 1 saturated heterocycles. The fourth-order valence-electron chi connectivity index (χ4n) is 3.51. The van der Waals surface area contributed by atoms with Crippen LogP contribution in [0.5, 0.6) is 0 Å². The molecule has 1 aliphatic heterocycles. The van der Waals surface area contributed by atoms with Crippen molar-refractivity contribution in [2.75, 3.05) is 39.4 Å². The molecule has 0 atom stereocenters. The second kappa shape index (κ2) is 10.2. The van der Waals surface area contributed by atoms with E-state index in [0.29, 0.717) is 19.6 Å². The maximum Gasteiger partial charge on any atom is 0.264 e. The number of benzene rings is 1. The van der Waals surface area contributed by atoms with E-state index < -0.39 is 0 Å². The van der Waals surface area contributed by atoms with E-state index in [-0.39, 0.29) is 5.91 Å². The topological polar surface area (TPSA) is 50.6 Å². The zero-order chi connectivity index (χ0) is 20.8. The van der Waals surface area contributed by atoms with Gasteiger partial charge in [-0.25, -0.2) is 4.98 Å². The fraction of sp³-hybridized carbons (Fsp3) is 0.364. The first kappa shape index (κ1) is 21.1. The highest BCUT2D eigenvalue weighted by atomic mass is 35.5. The number of thiophene rings is 1. The Labute approximate surface area is 185 Å². The Balaban J connectivity index is 1.49. The molecule has 0 N–H and O–H groups in total. The minimum atomic E-state index is 0.0468. The van der Waals surface area contributed by atoms with E-state index in [1.807, 2.05) is 52.9 Å². The van der Waals surface area contributed by atoms with E-state index in [1.54, 1.807) is 6.20 Å². The molecule has 158 valence electrons. The Morgan fingerprint density at radius 3 is 2.80 bits per heavy atom. The first-order chi connectivity index (χ1) is 14.7. The summed E-state index contributed by atoms with van der Waals surface area (Å²) in [6.45, 7) is 5.87. The summed E-state index contributed by atoms with van der Waals surface area (Å²) < 4.78 is 7.50. The number of ether oxygens (including phenoxy) is 1. The van der Waals surface area contributed by atoms with Crippen LogP contribution in [0.3, 0.4) is 0 Å². The average molecular weight is 445 g/mol. The molecule has 3 heterocycles. The Kier molecular flexibility index (Phi) is 7.17. The third-order valence-electron chi connectivity index (χ3n) is 5.24. The highest BCUT2D eigenvalue weighted by Crippen LogP contribution is 2.18. The van der Waals surface area contributed by atoms with Gasteiger partial charge in [0.2, 0.25) is 0 Å². The molecule has 0 saturated carbocycles. The summed E-state index contributed by atoms with van der Waals surface area (Å²) in [5.74, 6) is 0.896. The number of morpholine rings is 1. The van der Waals surface area contributed by atoms with Gasteiger partial charge >= 0.3 is 0 Å². The lowest BCUT2D eigenvalue weighted by Crippen LogP contribution is -2.43. The lowest BCUT2D eigenvalue weighted by molar-refractivity contribution is 0.0319. The first-order valence-corrected chi connectivity index (χ1v) is 11.3. The number of halogens is 1. The van der Waals surface area contributed by atoms with Crippen LogP contribution in [-0.2, 0) is 17.8 Å². The van der Waals surface area contributed by atoms with Gasteiger partial charge in [0.15, 0.2) is 0 Å². The molecule has 1 aliphatic rings. The lowest BCUT2D eigenvalue weighted by Gasteiger charge is -2.30. The quantitative estimate of drug-likeness (QED) is 0.532. The third-order valence-corrected chi connectivity index (χ3v) is 6.47. The maximum atomic E-state index is 13.2. The largest absolute Gasteiger partial charge is 0.379 e. The summed E-state index contributed by atoms with van der Waals surface area (Å²) in [6.07, 6.45) is 3.72. The molecule has 1 amide bonds. The van der Waals surface area contributed by atoms with Crippen molar-refractivity contribution < 1.29 is 9.53 Å². The monoisotopic (exact) mass is 444 g/mol. The number of hydrogen-bond acceptors (Lipinski definition) is 5. The summed E-state index contributed by atoms with van der Waals surface area (Å²) in [7, 11) is 0. The van der Waals surface area contributed by atoms with Gasteiger partial charge in [0.25, 0.3) is 5.91 Å². The smallest absolute Gasteiger partial charge is 0.264 e. The number of hydrogen-bond donors (Lipinski definition) is 0. The average Bonchev–Trinajstić information content (AvgIpc) is 3.45. The van der Waals surface area contributed by atoms with E-state index in [9.17, 15) is 4.79 Å². The first-order valence-electron chi connectivity index (χ1n) is 10.1. The van der Waals surface area contributed by atoms with Gasteiger partial charge in [-0.1, -0.05) is 35.9 Å². The fourth-order valence-corrected chi connectivity index (χ4v) is 4.40. The Bertz CT molecular complexity index is 954. The van der Waals surface area contributed by atoms with Gasteiger partial charge in [-0.15, -0.1) is 11.3 Å². The van der Waals surface area contributed by atoms with Crippen molar-refractivity contribution in [3.8, 4) is 0 Å². The van der Waals surface area contributed by atoms with Crippen LogP contribution in [0.2, 0.25) is 5.02 Å². The Hall–Kier alpha value is -2.19. The van der Waals surface area contributed by atoms with Crippen molar-refractivity contribution >= 4 is 28.8 Å². The van der Waals surface area contributed by atoms with Crippen molar-refractivity contribution in [2.24, 2.45) is 0 Å². The second-order valence-corrected chi connectivity index (χ2v) is 8.58. The number of rotatable bonds is 8. The van der Waals surface area contributed by atoms with Crippen molar-refractivity contribution in [3.63, 3.8) is 0 Å². The van der Waals surface area contributed by atoms with Crippen molar-refractivity contribution in [1.29, 1.82) is 0 Å². The van der Waals surface area contributed by atoms with Crippen LogP contribution in [0.25, 0.3) is 0 Å². The predicted octanol–water partition coefficient (Wildman–Crippen LogP) is 3.62. The van der Waals surface area contributed by atoms with Gasteiger partial charge < -0.3 is 14.2 Å². The number of nitrogens with zero attached hydrogens (tertiary/aromatic N) is 4. The molecule has 1 fully saturated rings. The zero-order valence-corrected chi connectivity index (χ0v) is 18.3. The molecule has 30 heavy (non-hydrogen) atoms. The number of carbonyl (C=O) groups is 1. The number of amides is 1. The van der Waals surface area contributed by atoms with Gasteiger partial charge in [-0.2, -0.15) is 0 Å². The second-order valence-electron chi connectivity index (χ2n) is 7.22. The lowest BCUT2D eigenvalue weighted by atomic mass is 10.2. The van der Waals surface area contributed by atoms with Gasteiger partial charge in [-0.05, 0) is 23.1 Å². The molecule has 6 nitrogen and oxygen atoms in total. The minimum Gasteiger partial charge on any atom is -0.379 e. The molecule has 0 spiro atoms. The molecule has 0 aliphatic carbocycles. The van der Waals surface area contributed by atoms with Gasteiger partial charge in [-0.3, -0.25) is 9.69 Å². The van der Waals surface area contributed by atoms with Crippen LogP contribution in [0, 0.1) is 0 Å². The van der Waals surface area contributed by atoms with Crippen LogP contribution in [0.1, 0.15) is 21.1 Å². The minimum absolute atomic E-state index is 0.0468. The summed E-state index contributed by atoms with van der Waals surface area (Å²) in [4.78, 5) is 22.7. The number of aromatic nitrogens is 2. The molecule has 8 heteroatoms. The summed E-state index contributed by atoms with van der Waals surface area (Å²) in [5.41, 5.74) is 1.03. The van der Waals surface area contributed by atoms with Crippen LogP contribution in [0.4, 0.5) is 0 Å². The Morgan fingerprint density at radius 2 is 2.03 bits per heavy atom. The molecular weight excluding hydrogens is 420 g/mol. The van der Waals surface area contributed by atoms with Crippen LogP contribution in [-0.4, -0.2) is 64.7 Å². The van der Waals surface area contributed by atoms with Crippen LogP contribution >= 0.6 is 22.9 Å². The highest BCUT2D eigenvalue weighted by molar-refractivity contribution is 7.12. The standard InChI is InChI=1S/C22H25ClN4O2S/c23-19-5-2-1-4-18(19)16-26-8-7-24-21(26)17-27(22(28)20-6-3-15-30-20)10-9-25-11-13-29-14-12-25/h1-8,15H,9-14,16-17H2. The van der Waals surface area contributed by atoms with Gasteiger partial charge in [0.05, 0.1) is 31.2 Å². The van der Waals surface area contributed by atoms with Crippen LogP contribution in [0.15, 0.2) is 54.2 Å². The van der Waals surface area contributed by atoms with E-state index in [4.69, 9.17) is 16.3 Å². The summed E-state index contributed by atoms with van der Waals surface area (Å²) in [5, 5.41) is 2.67. The molecule has 4 rings (SSSR count). The van der Waals surface area contributed by atoms with E-state index >= 15 is 0 Å². The molecule has 1 aromatic carbocycles. The van der Waals surface area contributed by atoms with Gasteiger partial charge in [0, 0.05) is 43.6 Å². The van der Waals surface area contributed by atoms with Gasteiger partial charge in [0.1, 0.15) is 5.82 Å². The Morgan fingerprint density at radius 1 is 1.20 bits per heavy atom. The number of carbonyl (C=O) groups excluding carboxylic acids is 1. The third kappa shape index (κ3) is 5.29. The molecule has 0 bridgehead atoms. The zero-order valence-electron chi connectivity index (χ0n) is 16.7. The molecular formula is C22H25ClN4O2S. The molecule has 3 aromatic rings. The highest BCUT2D eigenvalue weighted by Gasteiger charge is 2.21.